The number of rotatable bonds is 8. The predicted octanol–water partition coefficient (Wildman–Crippen LogP) is 6.94. The van der Waals surface area contributed by atoms with E-state index in [1.54, 1.807) is 5.01 Å². The van der Waals surface area contributed by atoms with Gasteiger partial charge in [0.25, 0.3) is 0 Å². The Morgan fingerprint density at radius 2 is 2.00 bits per heavy atom. The van der Waals surface area contributed by atoms with E-state index in [1.165, 1.54) is 37.0 Å². The number of urea groups is 1. The average Bonchev–Trinajstić information content (AvgIpc) is 3.28. The highest BCUT2D eigenvalue weighted by atomic mass is 35.5. The minimum Gasteiger partial charge on any atom is -0.298 e. The van der Waals surface area contributed by atoms with Gasteiger partial charge in [-0.15, -0.1) is 11.3 Å². The van der Waals surface area contributed by atoms with Crippen LogP contribution in [0, 0.1) is 12.8 Å². The molecule has 0 saturated heterocycles. The molecule has 1 aliphatic heterocycles. The van der Waals surface area contributed by atoms with Gasteiger partial charge in [-0.1, -0.05) is 62.8 Å². The van der Waals surface area contributed by atoms with Crippen molar-refractivity contribution in [3.05, 3.63) is 51.9 Å². The van der Waals surface area contributed by atoms with Crippen molar-refractivity contribution in [1.82, 2.24) is 5.01 Å². The van der Waals surface area contributed by atoms with Gasteiger partial charge in [-0.05, 0) is 48.1 Å². The van der Waals surface area contributed by atoms with Crippen LogP contribution in [0.1, 0.15) is 56.6 Å². The number of hydrazone groups is 1. The molecule has 1 unspecified atom stereocenters. The van der Waals surface area contributed by atoms with Crippen molar-refractivity contribution in [3.63, 3.8) is 0 Å². The number of aryl methyl sites for hydroxylation is 1. The highest BCUT2D eigenvalue weighted by Crippen LogP contribution is 2.27. The third-order valence-electron chi connectivity index (χ3n) is 5.00. The zero-order chi connectivity index (χ0) is 19.9. The van der Waals surface area contributed by atoms with E-state index in [2.05, 4.69) is 17.3 Å². The molecule has 0 saturated carbocycles. The molecule has 0 bridgehead atoms. The Morgan fingerprint density at radius 3 is 2.68 bits per heavy atom. The standard InChI is InChI=1S/C22H28ClN3OS/c1-3-4-5-6-7-8-18-14-26(22(27)24-20-13-16(2)15-28-20)25-21(18)17-9-11-19(23)12-10-17/h9-13,15,18H,3-8,14H2,1-2H3,(H,24,27). The molecule has 6 heteroatoms. The number of benzene rings is 1. The van der Waals surface area contributed by atoms with Crippen LogP contribution in [0.15, 0.2) is 40.8 Å². The van der Waals surface area contributed by atoms with Gasteiger partial charge in [0.2, 0.25) is 0 Å². The lowest BCUT2D eigenvalue weighted by molar-refractivity contribution is 0.215. The molecule has 3 rings (SSSR count). The van der Waals surface area contributed by atoms with Crippen molar-refractivity contribution in [1.29, 1.82) is 0 Å². The molecular formula is C22H28ClN3OS. The van der Waals surface area contributed by atoms with Crippen molar-refractivity contribution >= 4 is 39.7 Å². The molecule has 1 atom stereocenters. The first-order valence-electron chi connectivity index (χ1n) is 10.0. The fourth-order valence-corrected chi connectivity index (χ4v) is 4.39. The lowest BCUT2D eigenvalue weighted by Crippen LogP contribution is -2.30. The maximum Gasteiger partial charge on any atom is 0.342 e. The highest BCUT2D eigenvalue weighted by molar-refractivity contribution is 7.14. The molecule has 0 spiro atoms. The SMILES string of the molecule is CCCCCCCC1CN(C(=O)Nc2cc(C)cs2)N=C1c1ccc(Cl)cc1. The van der Waals surface area contributed by atoms with Gasteiger partial charge in [0.05, 0.1) is 17.3 Å². The second-order valence-electron chi connectivity index (χ2n) is 7.39. The molecule has 4 nitrogen and oxygen atoms in total. The Kier molecular flexibility index (Phi) is 7.51. The van der Waals surface area contributed by atoms with E-state index in [-0.39, 0.29) is 11.9 Å². The third kappa shape index (κ3) is 5.58. The lowest BCUT2D eigenvalue weighted by Gasteiger charge is -2.15. The average molecular weight is 418 g/mol. The molecule has 2 amide bonds. The molecule has 28 heavy (non-hydrogen) atoms. The van der Waals surface area contributed by atoms with Crippen LogP contribution in [0.2, 0.25) is 5.02 Å². The molecule has 2 aromatic rings. The van der Waals surface area contributed by atoms with Gasteiger partial charge in [0, 0.05) is 10.9 Å². The number of hydrogen-bond donors (Lipinski definition) is 1. The summed E-state index contributed by atoms with van der Waals surface area (Å²) in [5.41, 5.74) is 3.19. The smallest absolute Gasteiger partial charge is 0.298 e. The summed E-state index contributed by atoms with van der Waals surface area (Å²) in [4.78, 5) is 12.7. The van der Waals surface area contributed by atoms with Crippen LogP contribution in [-0.4, -0.2) is 23.3 Å². The van der Waals surface area contributed by atoms with Crippen LogP contribution < -0.4 is 5.32 Å². The Morgan fingerprint density at radius 1 is 1.25 bits per heavy atom. The number of halogens is 1. The van der Waals surface area contributed by atoms with Gasteiger partial charge in [-0.25, -0.2) is 9.80 Å². The third-order valence-corrected chi connectivity index (χ3v) is 6.22. The first-order valence-corrected chi connectivity index (χ1v) is 11.3. The van der Waals surface area contributed by atoms with E-state index >= 15 is 0 Å². The topological polar surface area (TPSA) is 44.7 Å². The van der Waals surface area contributed by atoms with Crippen molar-refractivity contribution in [2.24, 2.45) is 11.0 Å². The van der Waals surface area contributed by atoms with Gasteiger partial charge < -0.3 is 0 Å². The molecule has 1 aromatic heterocycles. The Labute approximate surface area is 176 Å². The number of carbonyl (C=O) groups excluding carboxylic acids is 1. The molecular weight excluding hydrogens is 390 g/mol. The fourth-order valence-electron chi connectivity index (χ4n) is 3.48. The minimum absolute atomic E-state index is 0.165. The van der Waals surface area contributed by atoms with Crippen LogP contribution in [0.5, 0.6) is 0 Å². The second kappa shape index (κ2) is 10.1. The van der Waals surface area contributed by atoms with E-state index in [0.717, 1.165) is 34.7 Å². The summed E-state index contributed by atoms with van der Waals surface area (Å²) in [6.07, 6.45) is 7.26. The van der Waals surface area contributed by atoms with Crippen LogP contribution in [0.4, 0.5) is 9.80 Å². The number of unbranched alkanes of at least 4 members (excludes halogenated alkanes) is 4. The van der Waals surface area contributed by atoms with E-state index in [1.807, 2.05) is 42.6 Å². The summed E-state index contributed by atoms with van der Waals surface area (Å²) < 4.78 is 0. The predicted molar refractivity (Wildman–Crippen MR) is 120 cm³/mol. The quantitative estimate of drug-likeness (QED) is 0.464. The summed E-state index contributed by atoms with van der Waals surface area (Å²) in [6, 6.07) is 9.57. The maximum absolute atomic E-state index is 12.7. The fraction of sp³-hybridized carbons (Fsp3) is 0.455. The summed E-state index contributed by atoms with van der Waals surface area (Å²) >= 11 is 7.58. The number of carbonyl (C=O) groups is 1. The molecule has 150 valence electrons. The van der Waals surface area contributed by atoms with Crippen molar-refractivity contribution in [2.75, 3.05) is 11.9 Å². The Hall–Kier alpha value is -1.85. The van der Waals surface area contributed by atoms with E-state index in [4.69, 9.17) is 11.6 Å². The molecule has 1 N–H and O–H groups in total. The first kappa shape index (κ1) is 20.9. The number of hydrogen-bond acceptors (Lipinski definition) is 3. The Bertz CT molecular complexity index is 815. The lowest BCUT2D eigenvalue weighted by atomic mass is 9.92. The molecule has 0 fully saturated rings. The van der Waals surface area contributed by atoms with Crippen molar-refractivity contribution in [2.45, 2.75) is 52.4 Å². The second-order valence-corrected chi connectivity index (χ2v) is 8.74. The number of thiophene rings is 1. The molecule has 0 radical (unpaired) electrons. The molecule has 1 aliphatic rings. The largest absolute Gasteiger partial charge is 0.342 e. The van der Waals surface area contributed by atoms with Gasteiger partial charge in [-0.3, -0.25) is 5.32 Å². The van der Waals surface area contributed by atoms with E-state index < -0.39 is 0 Å². The van der Waals surface area contributed by atoms with E-state index in [0.29, 0.717) is 11.6 Å². The molecule has 2 heterocycles. The first-order chi connectivity index (χ1) is 13.6. The normalized spacial score (nSPS) is 16.3. The maximum atomic E-state index is 12.7. The molecule has 0 aliphatic carbocycles. The van der Waals surface area contributed by atoms with Crippen LogP contribution in [0.3, 0.4) is 0 Å². The number of nitrogens with zero attached hydrogens (tertiary/aromatic N) is 2. The van der Waals surface area contributed by atoms with Crippen LogP contribution in [-0.2, 0) is 0 Å². The molecule has 1 aromatic carbocycles. The van der Waals surface area contributed by atoms with Gasteiger partial charge >= 0.3 is 6.03 Å². The van der Waals surface area contributed by atoms with Gasteiger partial charge in [-0.2, -0.15) is 5.10 Å². The van der Waals surface area contributed by atoms with Gasteiger partial charge in [0.15, 0.2) is 0 Å². The van der Waals surface area contributed by atoms with Crippen molar-refractivity contribution in [3.8, 4) is 0 Å². The van der Waals surface area contributed by atoms with Gasteiger partial charge in [0.1, 0.15) is 0 Å². The minimum atomic E-state index is -0.165. The monoisotopic (exact) mass is 417 g/mol. The number of amides is 2. The summed E-state index contributed by atoms with van der Waals surface area (Å²) in [7, 11) is 0. The summed E-state index contributed by atoms with van der Waals surface area (Å²) in [6.45, 7) is 4.88. The zero-order valence-corrected chi connectivity index (χ0v) is 18.2. The Balaban J connectivity index is 1.69. The zero-order valence-electron chi connectivity index (χ0n) is 16.6. The number of nitrogens with one attached hydrogen (secondary N) is 1. The summed E-state index contributed by atoms with van der Waals surface area (Å²) in [5.74, 6) is 0.263. The number of anilines is 1. The van der Waals surface area contributed by atoms with E-state index in [9.17, 15) is 4.79 Å². The van der Waals surface area contributed by atoms with Crippen molar-refractivity contribution < 1.29 is 4.79 Å². The van der Waals surface area contributed by atoms with Crippen LogP contribution in [0.25, 0.3) is 0 Å². The van der Waals surface area contributed by atoms with Crippen LogP contribution >= 0.6 is 22.9 Å². The highest BCUT2D eigenvalue weighted by Gasteiger charge is 2.30. The summed E-state index contributed by atoms with van der Waals surface area (Å²) in [5, 5.41) is 12.8.